The molecule has 3 amide bonds. The van der Waals surface area contributed by atoms with Gasteiger partial charge in [0.2, 0.25) is 17.7 Å². The highest BCUT2D eigenvalue weighted by atomic mass is 32.1. The van der Waals surface area contributed by atoms with Gasteiger partial charge in [0.1, 0.15) is 18.1 Å². The number of rotatable bonds is 15. The van der Waals surface area contributed by atoms with E-state index in [2.05, 4.69) is 23.3 Å². The summed E-state index contributed by atoms with van der Waals surface area (Å²) in [4.78, 5) is 69.8. The van der Waals surface area contributed by atoms with Gasteiger partial charge in [-0.2, -0.15) is 12.6 Å². The van der Waals surface area contributed by atoms with Gasteiger partial charge in [0, 0.05) is 18.6 Å². The zero-order chi connectivity index (χ0) is 25.0. The molecule has 0 heterocycles. The van der Waals surface area contributed by atoms with E-state index in [0.29, 0.717) is 0 Å². The van der Waals surface area contributed by atoms with E-state index in [0.717, 1.165) is 6.92 Å². The second kappa shape index (κ2) is 14.2. The van der Waals surface area contributed by atoms with E-state index in [-0.39, 0.29) is 12.2 Å². The van der Waals surface area contributed by atoms with Crippen LogP contribution < -0.4 is 21.7 Å². The minimum absolute atomic E-state index is 0.0648. The minimum Gasteiger partial charge on any atom is -0.481 e. The first-order chi connectivity index (χ1) is 14.8. The summed E-state index contributed by atoms with van der Waals surface area (Å²) in [7, 11) is 0. The Morgan fingerprint density at radius 1 is 0.812 bits per heavy atom. The number of aliphatic carboxylic acids is 3. The van der Waals surface area contributed by atoms with Crippen LogP contribution in [0, 0.1) is 0 Å². The number of hydrogen-bond acceptors (Lipinski definition) is 9. The van der Waals surface area contributed by atoms with Crippen molar-refractivity contribution in [3.8, 4) is 0 Å². The summed E-state index contributed by atoms with van der Waals surface area (Å²) in [5, 5.41) is 43.0. The van der Waals surface area contributed by atoms with Gasteiger partial charge in [0.15, 0.2) is 0 Å². The van der Waals surface area contributed by atoms with Gasteiger partial charge in [-0.3, -0.25) is 24.0 Å². The Labute approximate surface area is 188 Å². The Balaban J connectivity index is 5.42. The lowest BCUT2D eigenvalue weighted by atomic mass is 10.1. The van der Waals surface area contributed by atoms with Crippen LogP contribution in [0.3, 0.4) is 0 Å². The fourth-order valence-electron chi connectivity index (χ4n) is 2.34. The first kappa shape index (κ1) is 29.1. The molecule has 5 atom stereocenters. The summed E-state index contributed by atoms with van der Waals surface area (Å²) in [6.45, 7) is 1.12. The number of hydrogen-bond donors (Lipinski definition) is 9. The molecule has 0 spiro atoms. The molecule has 0 aliphatic heterocycles. The molecule has 0 rings (SSSR count). The number of carbonyl (C=O) groups excluding carboxylic acids is 3. The van der Waals surface area contributed by atoms with Crippen LogP contribution in [0.5, 0.6) is 0 Å². The fraction of sp³-hybridized carbons (Fsp3) is 0.647. The molecule has 0 saturated carbocycles. The standard InChI is InChI=1S/C17H28N4O10S/c1-7(22)13(16(29)20-10(17(30)31)3-5-12(25)26)21-15(28)9(2-4-11(23)24)19-14(27)8(18)6-32/h7-10,13,22,32H,2-6,18H2,1H3,(H,19,27)(H,20,29)(H,21,28)(H,23,24)(H,25,26)(H,30,31). The van der Waals surface area contributed by atoms with Crippen LogP contribution >= 0.6 is 12.6 Å². The summed E-state index contributed by atoms with van der Waals surface area (Å²) in [6, 6.07) is -5.81. The molecule has 0 bridgehead atoms. The predicted molar refractivity (Wildman–Crippen MR) is 111 cm³/mol. The maximum atomic E-state index is 12.6. The number of thiol groups is 1. The van der Waals surface area contributed by atoms with Crippen LogP contribution in [0.1, 0.15) is 32.6 Å². The van der Waals surface area contributed by atoms with E-state index >= 15 is 0 Å². The van der Waals surface area contributed by atoms with Crippen molar-refractivity contribution in [3.05, 3.63) is 0 Å². The number of aliphatic hydroxyl groups excluding tert-OH is 1. The summed E-state index contributed by atoms with van der Waals surface area (Å²) < 4.78 is 0. The van der Waals surface area contributed by atoms with Gasteiger partial charge >= 0.3 is 17.9 Å². The molecule has 5 unspecified atom stereocenters. The Kier molecular flexibility index (Phi) is 12.9. The molecule has 0 aromatic rings. The van der Waals surface area contributed by atoms with Crippen molar-refractivity contribution < 1.29 is 49.2 Å². The lowest BCUT2D eigenvalue weighted by molar-refractivity contribution is -0.144. The van der Waals surface area contributed by atoms with Gasteiger partial charge in [0.05, 0.1) is 12.1 Å². The first-order valence-electron chi connectivity index (χ1n) is 9.42. The largest absolute Gasteiger partial charge is 0.481 e. The van der Waals surface area contributed by atoms with Gasteiger partial charge in [-0.05, 0) is 19.8 Å². The lowest BCUT2D eigenvalue weighted by Gasteiger charge is -2.26. The Morgan fingerprint density at radius 3 is 1.69 bits per heavy atom. The Hall–Kier alpha value is -2.91. The molecule has 0 aliphatic rings. The van der Waals surface area contributed by atoms with E-state index in [1.54, 1.807) is 0 Å². The van der Waals surface area contributed by atoms with Gasteiger partial charge in [-0.15, -0.1) is 0 Å². The van der Waals surface area contributed by atoms with Gasteiger partial charge in [0.25, 0.3) is 0 Å². The SMILES string of the molecule is CC(O)C(NC(=O)C(CCC(=O)O)NC(=O)C(N)CS)C(=O)NC(CCC(=O)O)C(=O)O. The van der Waals surface area contributed by atoms with Crippen molar-refractivity contribution in [1.82, 2.24) is 16.0 Å². The molecule has 14 nitrogen and oxygen atoms in total. The molecule has 0 aromatic heterocycles. The number of carboxylic acid groups (broad SMARTS) is 3. The van der Waals surface area contributed by atoms with Crippen molar-refractivity contribution in [2.24, 2.45) is 5.73 Å². The average Bonchev–Trinajstić information content (AvgIpc) is 2.70. The van der Waals surface area contributed by atoms with Crippen molar-refractivity contribution in [2.45, 2.75) is 62.9 Å². The number of carbonyl (C=O) groups is 6. The van der Waals surface area contributed by atoms with Crippen LogP contribution in [-0.2, 0) is 28.8 Å². The monoisotopic (exact) mass is 480 g/mol. The molecular formula is C17H28N4O10S. The summed E-state index contributed by atoms with van der Waals surface area (Å²) in [5.74, 6) is -7.09. The van der Waals surface area contributed by atoms with Crippen molar-refractivity contribution in [2.75, 3.05) is 5.75 Å². The lowest BCUT2D eigenvalue weighted by Crippen LogP contribution is -2.60. The molecule has 0 radical (unpaired) electrons. The Morgan fingerprint density at radius 2 is 1.28 bits per heavy atom. The van der Waals surface area contributed by atoms with Crippen molar-refractivity contribution in [3.63, 3.8) is 0 Å². The number of nitrogens with two attached hydrogens (primary N) is 1. The molecule has 15 heteroatoms. The van der Waals surface area contributed by atoms with Crippen LogP contribution in [-0.4, -0.2) is 92.1 Å². The zero-order valence-electron chi connectivity index (χ0n) is 17.2. The second-order valence-electron chi connectivity index (χ2n) is 6.84. The number of carboxylic acids is 3. The third-order valence-electron chi connectivity index (χ3n) is 4.14. The molecule has 0 aromatic carbocycles. The summed E-state index contributed by atoms with van der Waals surface area (Å²) in [5.41, 5.74) is 5.51. The van der Waals surface area contributed by atoms with Crippen LogP contribution in [0.15, 0.2) is 0 Å². The molecule has 0 aliphatic carbocycles. The third-order valence-corrected chi connectivity index (χ3v) is 4.53. The van der Waals surface area contributed by atoms with Gasteiger partial charge in [-0.1, -0.05) is 0 Å². The van der Waals surface area contributed by atoms with E-state index < -0.39 is 85.2 Å². The van der Waals surface area contributed by atoms with Crippen LogP contribution in [0.2, 0.25) is 0 Å². The smallest absolute Gasteiger partial charge is 0.326 e. The normalized spacial score (nSPS) is 15.4. The molecule has 0 fully saturated rings. The van der Waals surface area contributed by atoms with E-state index in [1.165, 1.54) is 0 Å². The quantitative estimate of drug-likeness (QED) is 0.106. The van der Waals surface area contributed by atoms with Gasteiger partial charge < -0.3 is 42.1 Å². The highest BCUT2D eigenvalue weighted by Gasteiger charge is 2.33. The first-order valence-corrected chi connectivity index (χ1v) is 10.0. The number of aliphatic hydroxyl groups is 1. The third kappa shape index (κ3) is 10.9. The molecular weight excluding hydrogens is 452 g/mol. The maximum Gasteiger partial charge on any atom is 0.326 e. The molecule has 182 valence electrons. The van der Waals surface area contributed by atoms with Crippen LogP contribution in [0.4, 0.5) is 0 Å². The number of amides is 3. The highest BCUT2D eigenvalue weighted by Crippen LogP contribution is 2.04. The predicted octanol–water partition coefficient (Wildman–Crippen LogP) is -3.11. The molecule has 9 N–H and O–H groups in total. The summed E-state index contributed by atoms with van der Waals surface area (Å²) in [6.07, 6.45) is -3.41. The second-order valence-corrected chi connectivity index (χ2v) is 7.21. The van der Waals surface area contributed by atoms with Crippen molar-refractivity contribution in [1.29, 1.82) is 0 Å². The highest BCUT2D eigenvalue weighted by molar-refractivity contribution is 7.80. The van der Waals surface area contributed by atoms with Crippen molar-refractivity contribution >= 4 is 48.3 Å². The average molecular weight is 480 g/mol. The molecule has 0 saturated heterocycles. The minimum atomic E-state index is -1.68. The van der Waals surface area contributed by atoms with Crippen LogP contribution in [0.25, 0.3) is 0 Å². The summed E-state index contributed by atoms with van der Waals surface area (Å²) >= 11 is 3.85. The molecule has 32 heavy (non-hydrogen) atoms. The number of nitrogens with one attached hydrogen (secondary N) is 3. The van der Waals surface area contributed by atoms with Gasteiger partial charge in [-0.25, -0.2) is 4.79 Å². The topological polar surface area (TPSA) is 245 Å². The fourth-order valence-corrected chi connectivity index (χ4v) is 2.51. The zero-order valence-corrected chi connectivity index (χ0v) is 18.1. The van der Waals surface area contributed by atoms with E-state index in [4.69, 9.17) is 21.1 Å². The Bertz CT molecular complexity index is 717. The maximum absolute atomic E-state index is 12.6. The van der Waals surface area contributed by atoms with E-state index in [9.17, 15) is 33.9 Å². The van der Waals surface area contributed by atoms with E-state index in [1.807, 2.05) is 5.32 Å².